The number of nitrogens with one attached hydrogen (secondary N) is 2. The molecule has 1 aromatic carbocycles. The minimum atomic E-state index is -0.496. The highest BCUT2D eigenvalue weighted by atomic mass is 32.1. The Hall–Kier alpha value is -2.34. The van der Waals surface area contributed by atoms with E-state index in [1.165, 1.54) is 23.3 Å². The van der Waals surface area contributed by atoms with Crippen molar-refractivity contribution in [2.75, 3.05) is 5.32 Å². The van der Waals surface area contributed by atoms with Crippen LogP contribution in [0.2, 0.25) is 0 Å². The zero-order valence-electron chi connectivity index (χ0n) is 11.8. The Morgan fingerprint density at radius 3 is 2.95 bits per heavy atom. The van der Waals surface area contributed by atoms with Gasteiger partial charge in [0.2, 0.25) is 0 Å². The maximum Gasteiger partial charge on any atom is 0.417 e. The zero-order valence-corrected chi connectivity index (χ0v) is 12.6. The summed E-state index contributed by atoms with van der Waals surface area (Å²) in [5, 5.41) is 2.88. The standard InChI is InChI=1S/C16H14N2O3S/c19-15(14-7-9-3-1-2-4-13(9)22-14)17-10-5-6-12-11(8-10)18-16(20)21-12/h5-8H,1-4H2,(H,17,19)(H,18,20). The van der Waals surface area contributed by atoms with Crippen LogP contribution in [0.4, 0.5) is 5.69 Å². The molecule has 0 unspecified atom stereocenters. The van der Waals surface area contributed by atoms with Crippen molar-refractivity contribution < 1.29 is 9.21 Å². The molecule has 5 nitrogen and oxygen atoms in total. The SMILES string of the molecule is O=C(Nc1ccc2oc(=O)[nH]c2c1)c1cc2c(s1)CCCC2. The van der Waals surface area contributed by atoms with Gasteiger partial charge in [-0.05, 0) is 55.5 Å². The molecule has 22 heavy (non-hydrogen) atoms. The summed E-state index contributed by atoms with van der Waals surface area (Å²) in [6.07, 6.45) is 4.56. The number of aromatic nitrogens is 1. The molecule has 0 bridgehead atoms. The Morgan fingerprint density at radius 1 is 1.23 bits per heavy atom. The molecule has 2 heterocycles. The van der Waals surface area contributed by atoms with E-state index in [9.17, 15) is 9.59 Å². The number of amides is 1. The third-order valence-corrected chi connectivity index (χ3v) is 5.13. The fourth-order valence-corrected chi connectivity index (χ4v) is 3.97. The van der Waals surface area contributed by atoms with Crippen molar-refractivity contribution in [3.63, 3.8) is 0 Å². The van der Waals surface area contributed by atoms with Gasteiger partial charge < -0.3 is 9.73 Å². The highest BCUT2D eigenvalue weighted by Gasteiger charge is 2.17. The van der Waals surface area contributed by atoms with Gasteiger partial charge in [-0.15, -0.1) is 11.3 Å². The van der Waals surface area contributed by atoms with Gasteiger partial charge in [-0.1, -0.05) is 0 Å². The summed E-state index contributed by atoms with van der Waals surface area (Å²) in [5.74, 6) is -0.603. The Bertz CT molecular complexity index is 896. The number of fused-ring (bicyclic) bond motifs is 2. The summed E-state index contributed by atoms with van der Waals surface area (Å²) in [7, 11) is 0. The molecule has 0 atom stereocenters. The molecule has 1 aliphatic carbocycles. The molecule has 0 saturated carbocycles. The van der Waals surface area contributed by atoms with Crippen LogP contribution in [0, 0.1) is 0 Å². The van der Waals surface area contributed by atoms with E-state index in [1.54, 1.807) is 29.5 Å². The fraction of sp³-hybridized carbons (Fsp3) is 0.250. The third-order valence-electron chi connectivity index (χ3n) is 3.90. The van der Waals surface area contributed by atoms with E-state index in [-0.39, 0.29) is 5.91 Å². The third kappa shape index (κ3) is 2.35. The smallest absolute Gasteiger partial charge is 0.408 e. The van der Waals surface area contributed by atoms with Crippen molar-refractivity contribution in [3.05, 3.63) is 50.1 Å². The molecule has 2 N–H and O–H groups in total. The minimum Gasteiger partial charge on any atom is -0.408 e. The molecule has 2 aromatic heterocycles. The Labute approximate surface area is 130 Å². The second kappa shape index (κ2) is 5.14. The number of oxazole rings is 1. The molecule has 3 aromatic rings. The lowest BCUT2D eigenvalue weighted by atomic mass is 9.99. The lowest BCUT2D eigenvalue weighted by Crippen LogP contribution is -2.10. The van der Waals surface area contributed by atoms with Crippen LogP contribution in [0.5, 0.6) is 0 Å². The molecule has 1 aliphatic rings. The van der Waals surface area contributed by atoms with Crippen LogP contribution in [0.3, 0.4) is 0 Å². The highest BCUT2D eigenvalue weighted by molar-refractivity contribution is 7.14. The Balaban J connectivity index is 1.59. The molecule has 0 radical (unpaired) electrons. The summed E-state index contributed by atoms with van der Waals surface area (Å²) in [5.41, 5.74) is 3.01. The van der Waals surface area contributed by atoms with Crippen molar-refractivity contribution in [3.8, 4) is 0 Å². The van der Waals surface area contributed by atoms with E-state index in [1.807, 2.05) is 6.07 Å². The average Bonchev–Trinajstić information content (AvgIpc) is 3.08. The van der Waals surface area contributed by atoms with Crippen molar-refractivity contribution in [1.29, 1.82) is 0 Å². The zero-order chi connectivity index (χ0) is 15.1. The molecule has 6 heteroatoms. The Morgan fingerprint density at radius 2 is 2.09 bits per heavy atom. The number of hydrogen-bond donors (Lipinski definition) is 2. The summed E-state index contributed by atoms with van der Waals surface area (Å²) in [6, 6.07) is 7.10. The molecule has 0 spiro atoms. The quantitative estimate of drug-likeness (QED) is 0.762. The van der Waals surface area contributed by atoms with Gasteiger partial charge in [0.05, 0.1) is 10.4 Å². The number of aromatic amines is 1. The van der Waals surface area contributed by atoms with Gasteiger partial charge in [0.1, 0.15) is 0 Å². The van der Waals surface area contributed by atoms with E-state index in [2.05, 4.69) is 10.3 Å². The molecule has 0 saturated heterocycles. The van der Waals surface area contributed by atoms with Gasteiger partial charge in [0.25, 0.3) is 5.91 Å². The topological polar surface area (TPSA) is 75.1 Å². The van der Waals surface area contributed by atoms with Gasteiger partial charge in [0, 0.05) is 10.6 Å². The molecule has 0 fully saturated rings. The van der Waals surface area contributed by atoms with Crippen molar-refractivity contribution >= 4 is 34.0 Å². The number of rotatable bonds is 2. The van der Waals surface area contributed by atoms with Gasteiger partial charge in [-0.3, -0.25) is 9.78 Å². The van der Waals surface area contributed by atoms with E-state index in [4.69, 9.17) is 4.42 Å². The van der Waals surface area contributed by atoms with Gasteiger partial charge >= 0.3 is 5.76 Å². The minimum absolute atomic E-state index is 0.107. The summed E-state index contributed by atoms with van der Waals surface area (Å²) in [4.78, 5) is 28.2. The van der Waals surface area contributed by atoms with Crippen molar-refractivity contribution in [2.45, 2.75) is 25.7 Å². The van der Waals surface area contributed by atoms with Crippen LogP contribution < -0.4 is 11.1 Å². The molecular weight excluding hydrogens is 300 g/mol. The largest absolute Gasteiger partial charge is 0.417 e. The highest BCUT2D eigenvalue weighted by Crippen LogP contribution is 2.30. The normalized spacial score (nSPS) is 14.0. The first-order valence-corrected chi connectivity index (χ1v) is 8.06. The number of aryl methyl sites for hydroxylation is 2. The summed E-state index contributed by atoms with van der Waals surface area (Å²) in [6.45, 7) is 0. The second-order valence-corrected chi connectivity index (χ2v) is 6.58. The van der Waals surface area contributed by atoms with Crippen LogP contribution in [0.25, 0.3) is 11.1 Å². The van der Waals surface area contributed by atoms with E-state index in [0.29, 0.717) is 16.8 Å². The van der Waals surface area contributed by atoms with Crippen molar-refractivity contribution in [2.24, 2.45) is 0 Å². The number of benzene rings is 1. The number of H-pyrrole nitrogens is 1. The maximum absolute atomic E-state index is 12.4. The number of anilines is 1. The monoisotopic (exact) mass is 314 g/mol. The first-order chi connectivity index (χ1) is 10.7. The van der Waals surface area contributed by atoms with Crippen LogP contribution in [-0.2, 0) is 12.8 Å². The molecular formula is C16H14N2O3S. The molecule has 1 amide bonds. The van der Waals surface area contributed by atoms with Gasteiger partial charge in [-0.2, -0.15) is 0 Å². The molecule has 4 rings (SSSR count). The Kier molecular flexibility index (Phi) is 3.11. The molecule has 112 valence electrons. The number of thiophene rings is 1. The summed E-state index contributed by atoms with van der Waals surface area (Å²) < 4.78 is 4.95. The number of hydrogen-bond acceptors (Lipinski definition) is 4. The van der Waals surface area contributed by atoms with Crippen LogP contribution in [0.15, 0.2) is 33.5 Å². The number of carbonyl (C=O) groups excluding carboxylic acids is 1. The van der Waals surface area contributed by atoms with Crippen LogP contribution >= 0.6 is 11.3 Å². The number of carbonyl (C=O) groups is 1. The van der Waals surface area contributed by atoms with Gasteiger partial charge in [-0.25, -0.2) is 4.79 Å². The first kappa shape index (κ1) is 13.3. The van der Waals surface area contributed by atoms with Gasteiger partial charge in [0.15, 0.2) is 5.58 Å². The summed E-state index contributed by atoms with van der Waals surface area (Å²) >= 11 is 1.58. The molecule has 0 aliphatic heterocycles. The average molecular weight is 314 g/mol. The predicted molar refractivity (Wildman–Crippen MR) is 85.7 cm³/mol. The second-order valence-electron chi connectivity index (χ2n) is 5.45. The van der Waals surface area contributed by atoms with Crippen LogP contribution in [-0.4, -0.2) is 10.9 Å². The van der Waals surface area contributed by atoms with E-state index in [0.717, 1.165) is 17.7 Å². The lowest BCUT2D eigenvalue weighted by molar-refractivity contribution is 0.103. The maximum atomic E-state index is 12.4. The fourth-order valence-electron chi connectivity index (χ4n) is 2.83. The lowest BCUT2D eigenvalue weighted by Gasteiger charge is -2.08. The van der Waals surface area contributed by atoms with Crippen molar-refractivity contribution in [1.82, 2.24) is 4.98 Å². The first-order valence-electron chi connectivity index (χ1n) is 7.25. The van der Waals surface area contributed by atoms with Crippen LogP contribution in [0.1, 0.15) is 33.0 Å². The van der Waals surface area contributed by atoms with E-state index >= 15 is 0 Å². The predicted octanol–water partition coefficient (Wildman–Crippen LogP) is 3.31. The van der Waals surface area contributed by atoms with E-state index < -0.39 is 5.76 Å².